The fourth-order valence-corrected chi connectivity index (χ4v) is 2.86. The van der Waals surface area contributed by atoms with E-state index in [1.165, 1.54) is 19.2 Å². The first-order valence-corrected chi connectivity index (χ1v) is 7.44. The third kappa shape index (κ3) is 2.12. The summed E-state index contributed by atoms with van der Waals surface area (Å²) in [5, 5.41) is 20.6. The molecule has 0 fully saturated rings. The van der Waals surface area contributed by atoms with Crippen LogP contribution in [0.4, 0.5) is 0 Å². The van der Waals surface area contributed by atoms with Gasteiger partial charge in [-0.1, -0.05) is 26.0 Å². The summed E-state index contributed by atoms with van der Waals surface area (Å²) in [6.45, 7) is 7.61. The molecule has 5 nitrogen and oxygen atoms in total. The SMILES string of the molecule is C=CC(C)(C)c1c(OC)cc(O)c2c(=O)c3cccc(O)c3oc12. The van der Waals surface area contributed by atoms with Crippen molar-refractivity contribution in [3.63, 3.8) is 0 Å². The minimum Gasteiger partial charge on any atom is -0.507 e. The number of allylic oxidation sites excluding steroid dienone is 1. The van der Waals surface area contributed by atoms with E-state index in [-0.39, 0.29) is 33.4 Å². The highest BCUT2D eigenvalue weighted by molar-refractivity contribution is 5.97. The van der Waals surface area contributed by atoms with Gasteiger partial charge in [0.05, 0.1) is 12.5 Å². The zero-order valence-corrected chi connectivity index (χ0v) is 13.7. The lowest BCUT2D eigenvalue weighted by Crippen LogP contribution is -2.17. The lowest BCUT2D eigenvalue weighted by atomic mass is 9.82. The van der Waals surface area contributed by atoms with Crippen molar-refractivity contribution in [2.45, 2.75) is 19.3 Å². The van der Waals surface area contributed by atoms with Crippen LogP contribution in [0, 0.1) is 0 Å². The number of ether oxygens (including phenoxy) is 1. The number of hydrogen-bond acceptors (Lipinski definition) is 5. The molecule has 0 atom stereocenters. The van der Waals surface area contributed by atoms with Crippen LogP contribution in [-0.4, -0.2) is 17.3 Å². The molecule has 0 saturated heterocycles. The Morgan fingerprint density at radius 2 is 1.92 bits per heavy atom. The molecule has 0 radical (unpaired) electrons. The number of methoxy groups -OCH3 is 1. The predicted octanol–water partition coefficient (Wildman–Crippen LogP) is 3.83. The normalized spacial score (nSPS) is 11.8. The molecule has 1 aromatic heterocycles. The van der Waals surface area contributed by atoms with Gasteiger partial charge in [0.25, 0.3) is 0 Å². The Morgan fingerprint density at radius 3 is 2.54 bits per heavy atom. The molecule has 124 valence electrons. The van der Waals surface area contributed by atoms with Crippen molar-refractivity contribution in [3.8, 4) is 17.2 Å². The molecule has 24 heavy (non-hydrogen) atoms. The van der Waals surface area contributed by atoms with E-state index in [9.17, 15) is 15.0 Å². The summed E-state index contributed by atoms with van der Waals surface area (Å²) in [6, 6.07) is 5.93. The maximum Gasteiger partial charge on any atom is 0.204 e. The van der Waals surface area contributed by atoms with E-state index in [2.05, 4.69) is 6.58 Å². The third-order valence-electron chi connectivity index (χ3n) is 4.27. The molecule has 0 aliphatic rings. The molecule has 2 aromatic carbocycles. The van der Waals surface area contributed by atoms with Gasteiger partial charge in [0.1, 0.15) is 22.5 Å². The van der Waals surface area contributed by atoms with Gasteiger partial charge in [-0.2, -0.15) is 0 Å². The summed E-state index contributed by atoms with van der Waals surface area (Å²) in [7, 11) is 1.47. The van der Waals surface area contributed by atoms with Crippen LogP contribution in [-0.2, 0) is 5.41 Å². The zero-order chi connectivity index (χ0) is 17.6. The largest absolute Gasteiger partial charge is 0.507 e. The topological polar surface area (TPSA) is 79.9 Å². The van der Waals surface area contributed by atoms with Crippen molar-refractivity contribution in [3.05, 3.63) is 52.7 Å². The van der Waals surface area contributed by atoms with E-state index < -0.39 is 10.8 Å². The van der Waals surface area contributed by atoms with Gasteiger partial charge in [-0.3, -0.25) is 4.79 Å². The van der Waals surface area contributed by atoms with Gasteiger partial charge in [0.15, 0.2) is 11.3 Å². The number of para-hydroxylation sites is 1. The summed E-state index contributed by atoms with van der Waals surface area (Å²) in [4.78, 5) is 12.8. The van der Waals surface area contributed by atoms with Gasteiger partial charge in [-0.15, -0.1) is 6.58 Å². The van der Waals surface area contributed by atoms with Crippen LogP contribution in [0.1, 0.15) is 19.4 Å². The van der Waals surface area contributed by atoms with E-state index in [0.29, 0.717) is 11.3 Å². The monoisotopic (exact) mass is 326 g/mol. The van der Waals surface area contributed by atoms with Gasteiger partial charge >= 0.3 is 0 Å². The Hall–Kier alpha value is -2.95. The van der Waals surface area contributed by atoms with Crippen molar-refractivity contribution in [1.82, 2.24) is 0 Å². The Labute approximate surface area is 138 Å². The highest BCUT2D eigenvalue weighted by Crippen LogP contribution is 2.42. The Kier molecular flexibility index (Phi) is 3.52. The molecule has 1 heterocycles. The van der Waals surface area contributed by atoms with E-state index >= 15 is 0 Å². The first-order valence-electron chi connectivity index (χ1n) is 7.44. The van der Waals surface area contributed by atoms with Gasteiger partial charge in [-0.25, -0.2) is 0 Å². The lowest BCUT2D eigenvalue weighted by molar-refractivity contribution is 0.395. The third-order valence-corrected chi connectivity index (χ3v) is 4.27. The van der Waals surface area contributed by atoms with Crippen LogP contribution in [0.3, 0.4) is 0 Å². The minimum absolute atomic E-state index is 0.0545. The summed E-state index contributed by atoms with van der Waals surface area (Å²) >= 11 is 0. The van der Waals surface area contributed by atoms with Crippen molar-refractivity contribution in [1.29, 1.82) is 0 Å². The maximum absolute atomic E-state index is 12.8. The van der Waals surface area contributed by atoms with Crippen molar-refractivity contribution in [2.75, 3.05) is 7.11 Å². The first-order chi connectivity index (χ1) is 11.3. The summed E-state index contributed by atoms with van der Waals surface area (Å²) in [5.41, 5.74) is -0.177. The second-order valence-corrected chi connectivity index (χ2v) is 6.19. The Balaban J connectivity index is 2.66. The average molecular weight is 326 g/mol. The maximum atomic E-state index is 12.8. The molecule has 2 N–H and O–H groups in total. The van der Waals surface area contributed by atoms with Crippen LogP contribution in [0.15, 0.2) is 46.1 Å². The molecule has 3 rings (SSSR count). The van der Waals surface area contributed by atoms with E-state index in [4.69, 9.17) is 9.15 Å². The molecule has 0 unspecified atom stereocenters. The number of aromatic hydroxyl groups is 2. The smallest absolute Gasteiger partial charge is 0.204 e. The van der Waals surface area contributed by atoms with Gasteiger partial charge in [0, 0.05) is 17.0 Å². The lowest BCUT2D eigenvalue weighted by Gasteiger charge is -2.24. The van der Waals surface area contributed by atoms with E-state index in [1.54, 1.807) is 18.2 Å². The molecule has 3 aromatic rings. The predicted molar refractivity (Wildman–Crippen MR) is 93.1 cm³/mol. The summed E-state index contributed by atoms with van der Waals surface area (Å²) in [6.07, 6.45) is 1.70. The number of rotatable bonds is 3. The van der Waals surface area contributed by atoms with Gasteiger partial charge < -0.3 is 19.4 Å². The van der Waals surface area contributed by atoms with Crippen LogP contribution < -0.4 is 10.2 Å². The minimum atomic E-state index is -0.592. The van der Waals surface area contributed by atoms with Gasteiger partial charge in [-0.05, 0) is 12.1 Å². The highest BCUT2D eigenvalue weighted by Gasteiger charge is 2.29. The number of phenolic OH excluding ortho intramolecular Hbond substituents is 2. The zero-order valence-electron chi connectivity index (χ0n) is 13.7. The van der Waals surface area contributed by atoms with E-state index in [0.717, 1.165) is 0 Å². The Bertz CT molecular complexity index is 1030. The van der Waals surface area contributed by atoms with Crippen molar-refractivity contribution < 1.29 is 19.4 Å². The average Bonchev–Trinajstić information content (AvgIpc) is 2.55. The molecule has 0 bridgehead atoms. The molecule has 0 aliphatic carbocycles. The molecule has 0 aliphatic heterocycles. The highest BCUT2D eigenvalue weighted by atomic mass is 16.5. The number of hydrogen-bond donors (Lipinski definition) is 2. The molecule has 0 amide bonds. The second kappa shape index (κ2) is 5.30. The molecule has 5 heteroatoms. The molecule has 0 spiro atoms. The Morgan fingerprint density at radius 1 is 1.21 bits per heavy atom. The van der Waals surface area contributed by atoms with Gasteiger partial charge in [0.2, 0.25) is 5.43 Å². The molecular formula is C19H18O5. The van der Waals surface area contributed by atoms with Crippen molar-refractivity contribution in [2.24, 2.45) is 0 Å². The van der Waals surface area contributed by atoms with E-state index in [1.807, 2.05) is 13.8 Å². The fourth-order valence-electron chi connectivity index (χ4n) is 2.86. The standard InChI is InChI=1S/C19H18O5/c1-5-19(2,3)15-13(23-4)9-12(21)14-16(22)10-7-6-8-11(20)17(10)24-18(14)15/h5-9,20-21H,1H2,2-4H3. The number of fused-ring (bicyclic) bond motifs is 2. The summed E-state index contributed by atoms with van der Waals surface area (Å²) in [5.74, 6) is 0.00319. The van der Waals surface area contributed by atoms with Crippen molar-refractivity contribution >= 4 is 21.9 Å². The summed E-state index contributed by atoms with van der Waals surface area (Å²) < 4.78 is 11.2. The van der Waals surface area contributed by atoms with Crippen LogP contribution in [0.5, 0.6) is 17.2 Å². The van der Waals surface area contributed by atoms with Crippen LogP contribution in [0.25, 0.3) is 21.9 Å². The molecule has 0 saturated carbocycles. The fraction of sp³-hybridized carbons (Fsp3) is 0.211. The number of benzene rings is 2. The molecular weight excluding hydrogens is 308 g/mol. The quantitative estimate of drug-likeness (QED) is 0.565. The van der Waals surface area contributed by atoms with Crippen LogP contribution >= 0.6 is 0 Å². The second-order valence-electron chi connectivity index (χ2n) is 6.19. The van der Waals surface area contributed by atoms with Crippen LogP contribution in [0.2, 0.25) is 0 Å². The number of phenols is 2. The first kappa shape index (κ1) is 15.9.